The van der Waals surface area contributed by atoms with Crippen molar-refractivity contribution in [2.24, 2.45) is 0 Å². The minimum absolute atomic E-state index is 0.0977. The molecule has 0 saturated heterocycles. The normalized spacial score (nSPS) is 10.7. The van der Waals surface area contributed by atoms with Gasteiger partial charge in [-0.25, -0.2) is 9.78 Å². The molecule has 3 rings (SSSR count). The highest BCUT2D eigenvalue weighted by Gasteiger charge is 2.19. The average Bonchev–Trinajstić information content (AvgIpc) is 3.36. The molecule has 11 heteroatoms. The molecule has 0 unspecified atom stereocenters. The predicted molar refractivity (Wildman–Crippen MR) is 133 cm³/mol. The van der Waals surface area contributed by atoms with E-state index in [1.807, 2.05) is 36.6 Å². The zero-order valence-corrected chi connectivity index (χ0v) is 21.2. The molecule has 0 fully saturated rings. The predicted octanol–water partition coefficient (Wildman–Crippen LogP) is 4.33. The molecule has 0 radical (unpaired) electrons. The van der Waals surface area contributed by atoms with Gasteiger partial charge < -0.3 is 14.8 Å². The molecule has 0 bridgehead atoms. The molecule has 2 heterocycles. The van der Waals surface area contributed by atoms with Crippen LogP contribution in [0.5, 0.6) is 5.75 Å². The van der Waals surface area contributed by atoms with E-state index in [-0.39, 0.29) is 24.9 Å². The number of nitrogens with one attached hydrogen (secondary N) is 1. The van der Waals surface area contributed by atoms with Gasteiger partial charge in [-0.1, -0.05) is 41.3 Å². The highest BCUT2D eigenvalue weighted by atomic mass is 32.2. The van der Waals surface area contributed by atoms with E-state index in [1.54, 1.807) is 19.9 Å². The second kappa shape index (κ2) is 11.8. The van der Waals surface area contributed by atoms with Gasteiger partial charge in [0.15, 0.2) is 16.1 Å². The lowest BCUT2D eigenvalue weighted by molar-refractivity contribution is -0.113. The Bertz CT molecular complexity index is 1190. The number of amides is 1. The van der Waals surface area contributed by atoms with Crippen LogP contribution in [0.4, 0.5) is 5.13 Å². The second-order valence-electron chi connectivity index (χ2n) is 7.28. The van der Waals surface area contributed by atoms with Gasteiger partial charge in [0.1, 0.15) is 17.2 Å². The van der Waals surface area contributed by atoms with Crippen LogP contribution in [0, 0.1) is 20.8 Å². The van der Waals surface area contributed by atoms with Crippen LogP contribution in [0.1, 0.15) is 39.2 Å². The van der Waals surface area contributed by atoms with E-state index in [2.05, 4.69) is 27.1 Å². The van der Waals surface area contributed by atoms with E-state index in [1.165, 1.54) is 11.8 Å². The molecule has 0 spiro atoms. The highest BCUT2D eigenvalue weighted by Crippen LogP contribution is 2.25. The van der Waals surface area contributed by atoms with Crippen molar-refractivity contribution in [3.8, 4) is 5.75 Å². The molecule has 0 aliphatic carbocycles. The Balaban J connectivity index is 1.62. The Morgan fingerprint density at radius 3 is 2.79 bits per heavy atom. The van der Waals surface area contributed by atoms with Crippen LogP contribution >= 0.6 is 23.1 Å². The third-order valence-corrected chi connectivity index (χ3v) is 6.87. The number of nitrogens with zero attached hydrogens (tertiary/aromatic N) is 4. The Labute approximate surface area is 206 Å². The van der Waals surface area contributed by atoms with Gasteiger partial charge in [0, 0.05) is 6.54 Å². The number of rotatable bonds is 11. The number of aryl methyl sites for hydroxylation is 2. The Kier molecular flexibility index (Phi) is 8.83. The van der Waals surface area contributed by atoms with E-state index in [0.717, 1.165) is 28.2 Å². The topological polar surface area (TPSA) is 108 Å². The van der Waals surface area contributed by atoms with E-state index in [0.29, 0.717) is 33.2 Å². The third-order valence-electron chi connectivity index (χ3n) is 4.85. The molecule has 3 aromatic rings. The summed E-state index contributed by atoms with van der Waals surface area (Å²) in [4.78, 5) is 29.0. The number of hydrogen-bond donors (Lipinski definition) is 1. The molecule has 9 nitrogen and oxygen atoms in total. The number of aromatic nitrogens is 4. The monoisotopic (exact) mass is 501 g/mol. The Morgan fingerprint density at radius 1 is 1.26 bits per heavy atom. The summed E-state index contributed by atoms with van der Waals surface area (Å²) in [5.41, 5.74) is 2.75. The fourth-order valence-corrected chi connectivity index (χ4v) is 4.63. The van der Waals surface area contributed by atoms with Crippen LogP contribution in [0.25, 0.3) is 0 Å². The molecule has 0 atom stereocenters. The van der Waals surface area contributed by atoms with Crippen molar-refractivity contribution in [1.82, 2.24) is 19.7 Å². The van der Waals surface area contributed by atoms with Gasteiger partial charge in [-0.05, 0) is 44.9 Å². The van der Waals surface area contributed by atoms with Crippen LogP contribution in [0.3, 0.4) is 0 Å². The number of ether oxygens (including phenoxy) is 2. The van der Waals surface area contributed by atoms with E-state index < -0.39 is 5.97 Å². The number of hydrogen-bond acceptors (Lipinski definition) is 9. The molecule has 34 heavy (non-hydrogen) atoms. The standard InChI is InChI=1S/C23H27N5O4S2/c1-6-11-28-18(12-32-17-10-8-9-14(3)15(17)4)26-27-23(28)33-13-19(29)25-22-24-16(5)20(34-22)21(30)31-7-2/h6,8-10H,1,7,11-13H2,2-5H3,(H,24,25,29). The summed E-state index contributed by atoms with van der Waals surface area (Å²) in [5, 5.41) is 12.1. The van der Waals surface area contributed by atoms with E-state index in [4.69, 9.17) is 9.47 Å². The van der Waals surface area contributed by atoms with Crippen molar-refractivity contribution in [2.75, 3.05) is 17.7 Å². The largest absolute Gasteiger partial charge is 0.485 e. The molecule has 1 amide bonds. The lowest BCUT2D eigenvalue weighted by atomic mass is 10.1. The van der Waals surface area contributed by atoms with Crippen molar-refractivity contribution in [3.05, 3.63) is 58.4 Å². The van der Waals surface area contributed by atoms with Gasteiger partial charge in [0.2, 0.25) is 5.91 Å². The first-order chi connectivity index (χ1) is 16.3. The summed E-state index contributed by atoms with van der Waals surface area (Å²) in [7, 11) is 0. The zero-order valence-electron chi connectivity index (χ0n) is 19.6. The molecule has 0 aliphatic rings. The lowest BCUT2D eigenvalue weighted by Gasteiger charge is -2.11. The number of carbonyl (C=O) groups excluding carboxylic acids is 2. The Hall–Kier alpha value is -3.18. The maximum absolute atomic E-state index is 12.5. The minimum Gasteiger partial charge on any atom is -0.485 e. The van der Waals surface area contributed by atoms with Crippen molar-refractivity contribution < 1.29 is 19.1 Å². The number of allylic oxidation sites excluding steroid dienone is 1. The third kappa shape index (κ3) is 6.23. The fraction of sp³-hybridized carbons (Fsp3) is 0.348. The molecule has 1 aromatic carbocycles. The summed E-state index contributed by atoms with van der Waals surface area (Å²) in [5.74, 6) is 0.817. The number of thioether (sulfide) groups is 1. The van der Waals surface area contributed by atoms with Crippen molar-refractivity contribution >= 4 is 40.1 Å². The number of esters is 1. The summed E-state index contributed by atoms with van der Waals surface area (Å²) in [6.07, 6.45) is 1.74. The smallest absolute Gasteiger partial charge is 0.350 e. The molecule has 0 saturated carbocycles. The second-order valence-corrected chi connectivity index (χ2v) is 9.22. The molecule has 1 N–H and O–H groups in total. The zero-order chi connectivity index (χ0) is 24.7. The number of anilines is 1. The number of benzene rings is 1. The van der Waals surface area contributed by atoms with Crippen LogP contribution in [0.2, 0.25) is 0 Å². The maximum Gasteiger partial charge on any atom is 0.350 e. The Morgan fingerprint density at radius 2 is 2.06 bits per heavy atom. The van der Waals surface area contributed by atoms with Gasteiger partial charge >= 0.3 is 5.97 Å². The first-order valence-corrected chi connectivity index (χ1v) is 12.4. The van der Waals surface area contributed by atoms with Gasteiger partial charge in [-0.3, -0.25) is 9.36 Å². The van der Waals surface area contributed by atoms with Crippen LogP contribution in [0.15, 0.2) is 36.0 Å². The van der Waals surface area contributed by atoms with Crippen LogP contribution in [-0.4, -0.2) is 44.0 Å². The van der Waals surface area contributed by atoms with Gasteiger partial charge in [-0.15, -0.1) is 16.8 Å². The van der Waals surface area contributed by atoms with Gasteiger partial charge in [0.05, 0.1) is 18.1 Å². The molecule has 2 aromatic heterocycles. The average molecular weight is 502 g/mol. The molecule has 0 aliphatic heterocycles. The van der Waals surface area contributed by atoms with Crippen molar-refractivity contribution in [3.63, 3.8) is 0 Å². The summed E-state index contributed by atoms with van der Waals surface area (Å²) >= 11 is 2.34. The quantitative estimate of drug-likeness (QED) is 0.235. The summed E-state index contributed by atoms with van der Waals surface area (Å²) < 4.78 is 12.8. The van der Waals surface area contributed by atoms with Gasteiger partial charge in [-0.2, -0.15) is 0 Å². The van der Waals surface area contributed by atoms with Crippen LogP contribution in [-0.2, 0) is 22.7 Å². The summed E-state index contributed by atoms with van der Waals surface area (Å²) in [6.45, 7) is 12.3. The minimum atomic E-state index is -0.444. The first kappa shape index (κ1) is 25.4. The van der Waals surface area contributed by atoms with Crippen molar-refractivity contribution in [2.45, 2.75) is 46.0 Å². The van der Waals surface area contributed by atoms with Crippen LogP contribution < -0.4 is 10.1 Å². The lowest BCUT2D eigenvalue weighted by Crippen LogP contribution is -2.15. The van der Waals surface area contributed by atoms with Gasteiger partial charge in [0.25, 0.3) is 0 Å². The first-order valence-electron chi connectivity index (χ1n) is 10.6. The number of thiazole rings is 1. The molecular formula is C23H27N5O4S2. The van der Waals surface area contributed by atoms with E-state index in [9.17, 15) is 9.59 Å². The maximum atomic E-state index is 12.5. The number of carbonyl (C=O) groups is 2. The highest BCUT2D eigenvalue weighted by molar-refractivity contribution is 7.99. The fourth-order valence-electron chi connectivity index (χ4n) is 2.99. The van der Waals surface area contributed by atoms with Crippen molar-refractivity contribution in [1.29, 1.82) is 0 Å². The summed E-state index contributed by atoms with van der Waals surface area (Å²) in [6, 6.07) is 5.91. The molecular weight excluding hydrogens is 474 g/mol. The van der Waals surface area contributed by atoms with E-state index >= 15 is 0 Å². The molecule has 180 valence electrons. The SMILES string of the molecule is C=CCn1c(COc2cccc(C)c2C)nnc1SCC(=O)Nc1nc(C)c(C(=O)OCC)s1.